The van der Waals surface area contributed by atoms with Crippen LogP contribution >= 0.6 is 0 Å². The zero-order valence-corrected chi connectivity index (χ0v) is 34.7. The average Bonchev–Trinajstić information content (AvgIpc) is 3.11. The molecule has 0 aromatic rings. The SMILES string of the molecule is C.C/C=C/CC[C@@H](C)C(=O)CC(O)/C(C)=C/CCCCC(C)C.CC.CC.CCC(C)(COC(C)(C)CO)OC1CCCCC1.CO.CO. The van der Waals surface area contributed by atoms with Gasteiger partial charge in [0.2, 0.25) is 0 Å². The number of aliphatic hydroxyl groups excluding tert-OH is 4. The fraction of sp³-hybridized carbons (Fsp3) is 0.881. The van der Waals surface area contributed by atoms with Crippen molar-refractivity contribution in [1.29, 1.82) is 0 Å². The van der Waals surface area contributed by atoms with Gasteiger partial charge in [0.15, 0.2) is 0 Å². The number of Topliss-reactive ketones (excluding diaryl/α,β-unsaturated/α-hetero) is 1. The highest BCUT2D eigenvalue weighted by Crippen LogP contribution is 2.28. The lowest BCUT2D eigenvalue weighted by atomic mass is 9.94. The van der Waals surface area contributed by atoms with E-state index >= 15 is 0 Å². The van der Waals surface area contributed by atoms with Gasteiger partial charge in [0.1, 0.15) is 5.78 Å². The summed E-state index contributed by atoms with van der Waals surface area (Å²) in [6, 6.07) is 0. The fourth-order valence-electron chi connectivity index (χ4n) is 4.59. The molecule has 7 nitrogen and oxygen atoms in total. The molecule has 0 aromatic carbocycles. The van der Waals surface area contributed by atoms with Crippen LogP contribution in [-0.4, -0.2) is 77.1 Å². The van der Waals surface area contributed by atoms with E-state index in [4.69, 9.17) is 19.7 Å². The minimum atomic E-state index is -0.609. The number of hydrogen-bond acceptors (Lipinski definition) is 7. The molecular formula is C42H90O7. The van der Waals surface area contributed by atoms with Crippen LogP contribution in [-0.2, 0) is 14.3 Å². The molecule has 3 atom stereocenters. The number of hydrogen-bond donors (Lipinski definition) is 4. The minimum absolute atomic E-state index is 0. The van der Waals surface area contributed by atoms with Gasteiger partial charge in [-0.25, -0.2) is 0 Å². The van der Waals surface area contributed by atoms with E-state index in [1.165, 1.54) is 44.9 Å². The normalized spacial score (nSPS) is 15.5. The van der Waals surface area contributed by atoms with Gasteiger partial charge in [0.25, 0.3) is 0 Å². The Kier molecular flexibility index (Phi) is 50.6. The quantitative estimate of drug-likeness (QED) is 0.0780. The van der Waals surface area contributed by atoms with Crippen LogP contribution in [0.3, 0.4) is 0 Å². The van der Waals surface area contributed by atoms with E-state index in [0.29, 0.717) is 12.7 Å². The third-order valence-electron chi connectivity index (χ3n) is 8.07. The summed E-state index contributed by atoms with van der Waals surface area (Å²) < 4.78 is 12.1. The Morgan fingerprint density at radius 3 is 1.88 bits per heavy atom. The molecule has 300 valence electrons. The fourth-order valence-corrected chi connectivity index (χ4v) is 4.59. The van der Waals surface area contributed by atoms with E-state index in [1.54, 1.807) is 0 Å². The molecule has 0 aliphatic heterocycles. The van der Waals surface area contributed by atoms with Gasteiger partial charge in [0.05, 0.1) is 36.6 Å². The number of allylic oxidation sites excluding steroid dienone is 3. The lowest BCUT2D eigenvalue weighted by molar-refractivity contribution is -0.166. The Bertz CT molecular complexity index is 712. The monoisotopic (exact) mass is 707 g/mol. The van der Waals surface area contributed by atoms with Crippen LogP contribution in [0.15, 0.2) is 23.8 Å². The smallest absolute Gasteiger partial charge is 0.138 e. The van der Waals surface area contributed by atoms with Crippen molar-refractivity contribution in [2.75, 3.05) is 27.4 Å². The van der Waals surface area contributed by atoms with Gasteiger partial charge in [0, 0.05) is 26.6 Å². The molecule has 0 heterocycles. The van der Waals surface area contributed by atoms with Crippen LogP contribution in [0.5, 0.6) is 0 Å². The molecule has 7 heteroatoms. The zero-order valence-electron chi connectivity index (χ0n) is 34.7. The van der Waals surface area contributed by atoms with Crippen molar-refractivity contribution in [3.8, 4) is 0 Å². The maximum absolute atomic E-state index is 12.1. The number of rotatable bonds is 19. The van der Waals surface area contributed by atoms with Crippen molar-refractivity contribution in [2.24, 2.45) is 11.8 Å². The van der Waals surface area contributed by atoms with Gasteiger partial charge in [-0.3, -0.25) is 4.79 Å². The molecule has 0 radical (unpaired) electrons. The van der Waals surface area contributed by atoms with Crippen LogP contribution in [0.25, 0.3) is 0 Å². The highest BCUT2D eigenvalue weighted by Gasteiger charge is 2.31. The van der Waals surface area contributed by atoms with Crippen molar-refractivity contribution >= 4 is 5.78 Å². The summed E-state index contributed by atoms with van der Waals surface area (Å²) >= 11 is 0. The van der Waals surface area contributed by atoms with E-state index in [9.17, 15) is 15.0 Å². The van der Waals surface area contributed by atoms with Crippen molar-refractivity contribution < 1.29 is 34.7 Å². The Morgan fingerprint density at radius 1 is 0.898 bits per heavy atom. The lowest BCUT2D eigenvalue weighted by Crippen LogP contribution is -2.42. The predicted octanol–water partition coefficient (Wildman–Crippen LogP) is 10.7. The number of carbonyl (C=O) groups excluding carboxylic acids is 1. The first kappa shape index (κ1) is 60.0. The van der Waals surface area contributed by atoms with E-state index in [-0.39, 0.29) is 37.8 Å². The van der Waals surface area contributed by atoms with Gasteiger partial charge in [-0.05, 0) is 91.1 Å². The summed E-state index contributed by atoms with van der Waals surface area (Å²) in [7, 11) is 2.00. The second kappa shape index (κ2) is 41.3. The number of unbranched alkanes of at least 4 members (excludes halogenated alkanes) is 2. The average molecular weight is 707 g/mol. The highest BCUT2D eigenvalue weighted by molar-refractivity contribution is 5.81. The number of aliphatic hydroxyl groups is 4. The molecule has 0 amide bonds. The molecule has 1 fully saturated rings. The molecular weight excluding hydrogens is 616 g/mol. The summed E-state index contributed by atoms with van der Waals surface area (Å²) in [5.41, 5.74) is 0.236. The van der Waals surface area contributed by atoms with Crippen LogP contribution in [0.4, 0.5) is 0 Å². The van der Waals surface area contributed by atoms with Crippen molar-refractivity contribution in [3.63, 3.8) is 0 Å². The minimum Gasteiger partial charge on any atom is -0.400 e. The Morgan fingerprint density at radius 2 is 1.43 bits per heavy atom. The standard InChI is InChI=1S/C20H36O2.C15H30O3.2C2H6.2CH4O.CH4/c1-6-7-9-13-17(4)19(21)15-20(22)18(5)14-11-8-10-12-16(2)3;1-5-15(4,12-17-14(2,3)11-16)18-13-9-7-6-8-10-13;4*1-2;/h6-7,14,16-17,20,22H,8-13,15H2,1-5H3;13,16H,5-12H2,1-4H3;2*1-2H3;2*2H,1H3;1H4/b7-6+,18-14+;;;;;;/t17-,20?;;;;;;/m1....../s1. The van der Waals surface area contributed by atoms with Crippen LogP contribution in [0, 0.1) is 11.8 Å². The van der Waals surface area contributed by atoms with E-state index < -0.39 is 11.7 Å². The topological polar surface area (TPSA) is 116 Å². The second-order valence-corrected chi connectivity index (χ2v) is 13.2. The maximum atomic E-state index is 12.1. The largest absolute Gasteiger partial charge is 0.400 e. The van der Waals surface area contributed by atoms with Crippen LogP contribution < -0.4 is 0 Å². The Balaban J connectivity index is -0.000000155. The molecule has 0 spiro atoms. The predicted molar refractivity (Wildman–Crippen MR) is 215 cm³/mol. The van der Waals surface area contributed by atoms with Gasteiger partial charge >= 0.3 is 0 Å². The number of ketones is 1. The molecule has 49 heavy (non-hydrogen) atoms. The maximum Gasteiger partial charge on any atom is 0.138 e. The van der Waals surface area contributed by atoms with E-state index in [2.05, 4.69) is 39.8 Å². The van der Waals surface area contributed by atoms with E-state index in [1.807, 2.05) is 68.4 Å². The van der Waals surface area contributed by atoms with E-state index in [0.717, 1.165) is 57.8 Å². The second-order valence-electron chi connectivity index (χ2n) is 13.2. The molecule has 1 saturated carbocycles. The van der Waals surface area contributed by atoms with Crippen LogP contribution in [0.2, 0.25) is 0 Å². The van der Waals surface area contributed by atoms with Gasteiger partial charge in [-0.15, -0.1) is 0 Å². The first-order valence-electron chi connectivity index (χ1n) is 19.1. The number of carbonyl (C=O) groups is 1. The summed E-state index contributed by atoms with van der Waals surface area (Å²) in [5.74, 6) is 0.964. The van der Waals surface area contributed by atoms with Crippen molar-refractivity contribution in [1.82, 2.24) is 0 Å². The Labute approximate surface area is 307 Å². The molecule has 4 N–H and O–H groups in total. The third-order valence-corrected chi connectivity index (χ3v) is 8.07. The van der Waals surface area contributed by atoms with Crippen LogP contribution in [0.1, 0.15) is 181 Å². The zero-order chi connectivity index (χ0) is 38.6. The van der Waals surface area contributed by atoms with Crippen molar-refractivity contribution in [2.45, 2.75) is 204 Å². The third kappa shape index (κ3) is 38.0. The molecule has 0 bridgehead atoms. The molecule has 1 rings (SSSR count). The first-order valence-corrected chi connectivity index (χ1v) is 19.1. The molecule has 0 aromatic heterocycles. The molecule has 1 aliphatic rings. The highest BCUT2D eigenvalue weighted by atomic mass is 16.6. The summed E-state index contributed by atoms with van der Waals surface area (Å²) in [6.07, 6.45) is 19.9. The molecule has 1 aliphatic carbocycles. The van der Waals surface area contributed by atoms with Gasteiger partial charge < -0.3 is 29.9 Å². The summed E-state index contributed by atoms with van der Waals surface area (Å²) in [5, 5.41) is 33.4. The molecule has 0 saturated heterocycles. The molecule has 2 unspecified atom stereocenters. The van der Waals surface area contributed by atoms with Crippen molar-refractivity contribution in [3.05, 3.63) is 23.8 Å². The summed E-state index contributed by atoms with van der Waals surface area (Å²) in [6.45, 7) is 27.0. The lowest BCUT2D eigenvalue weighted by Gasteiger charge is -2.37. The van der Waals surface area contributed by atoms with Gasteiger partial charge in [-0.2, -0.15) is 0 Å². The number of ether oxygens (including phenoxy) is 2. The summed E-state index contributed by atoms with van der Waals surface area (Å²) in [4.78, 5) is 12.1. The first-order chi connectivity index (χ1) is 22.8. The van der Waals surface area contributed by atoms with Gasteiger partial charge in [-0.1, -0.05) is 113 Å². The Hall–Kier alpha value is -1.09.